The standard InChI is InChI=1S/C15H16F2N2O/c1-2-20-11-8-6-10(7-9-11)15(19-18)14-12(16)4-3-5-13(14)17/h3-9,15,19H,2,18H2,1H3. The summed E-state index contributed by atoms with van der Waals surface area (Å²) in [5, 5.41) is 0. The second-order valence-electron chi connectivity index (χ2n) is 4.24. The van der Waals surface area contributed by atoms with Crippen LogP contribution in [0.25, 0.3) is 0 Å². The van der Waals surface area contributed by atoms with Crippen molar-refractivity contribution in [1.82, 2.24) is 5.43 Å². The zero-order valence-corrected chi connectivity index (χ0v) is 11.1. The van der Waals surface area contributed by atoms with Crippen LogP contribution >= 0.6 is 0 Å². The van der Waals surface area contributed by atoms with Gasteiger partial charge in [-0.25, -0.2) is 14.2 Å². The van der Waals surface area contributed by atoms with Crippen molar-refractivity contribution in [2.24, 2.45) is 5.84 Å². The minimum Gasteiger partial charge on any atom is -0.494 e. The van der Waals surface area contributed by atoms with E-state index in [2.05, 4.69) is 5.43 Å². The summed E-state index contributed by atoms with van der Waals surface area (Å²) in [7, 11) is 0. The van der Waals surface area contributed by atoms with E-state index in [0.717, 1.165) is 0 Å². The number of hydrogen-bond donors (Lipinski definition) is 2. The molecule has 1 unspecified atom stereocenters. The molecule has 0 saturated carbocycles. The monoisotopic (exact) mass is 278 g/mol. The normalized spacial score (nSPS) is 12.2. The van der Waals surface area contributed by atoms with E-state index in [9.17, 15) is 8.78 Å². The van der Waals surface area contributed by atoms with Crippen LogP contribution in [0.15, 0.2) is 42.5 Å². The van der Waals surface area contributed by atoms with Crippen molar-refractivity contribution in [2.75, 3.05) is 6.61 Å². The Labute approximate surface area is 116 Å². The maximum atomic E-state index is 13.8. The van der Waals surface area contributed by atoms with Gasteiger partial charge >= 0.3 is 0 Å². The molecule has 0 aliphatic heterocycles. The lowest BCUT2D eigenvalue weighted by atomic mass is 9.98. The van der Waals surface area contributed by atoms with Crippen LogP contribution in [0.4, 0.5) is 8.78 Å². The molecule has 0 saturated heterocycles. The summed E-state index contributed by atoms with van der Waals surface area (Å²) in [5.74, 6) is 4.88. The summed E-state index contributed by atoms with van der Waals surface area (Å²) in [5.41, 5.74) is 3.00. The molecule has 0 aromatic heterocycles. The van der Waals surface area contributed by atoms with Crippen LogP contribution in [0.5, 0.6) is 5.75 Å². The summed E-state index contributed by atoms with van der Waals surface area (Å²) < 4.78 is 33.0. The van der Waals surface area contributed by atoms with Gasteiger partial charge in [-0.05, 0) is 36.8 Å². The Balaban J connectivity index is 2.37. The molecule has 0 heterocycles. The molecular formula is C15H16F2N2O. The molecule has 0 fully saturated rings. The fourth-order valence-corrected chi connectivity index (χ4v) is 2.06. The van der Waals surface area contributed by atoms with E-state index in [1.165, 1.54) is 18.2 Å². The smallest absolute Gasteiger partial charge is 0.131 e. The largest absolute Gasteiger partial charge is 0.494 e. The molecule has 0 spiro atoms. The first-order chi connectivity index (χ1) is 9.67. The minimum atomic E-state index is -0.758. The Hall–Kier alpha value is -1.98. The summed E-state index contributed by atoms with van der Waals surface area (Å²) in [6, 6.07) is 9.90. The summed E-state index contributed by atoms with van der Waals surface area (Å²) in [6.45, 7) is 2.44. The number of ether oxygens (including phenoxy) is 1. The lowest BCUT2D eigenvalue weighted by Gasteiger charge is -2.18. The van der Waals surface area contributed by atoms with Crippen molar-refractivity contribution in [3.63, 3.8) is 0 Å². The highest BCUT2D eigenvalue weighted by molar-refractivity contribution is 5.36. The van der Waals surface area contributed by atoms with Crippen LogP contribution in [0.3, 0.4) is 0 Å². The lowest BCUT2D eigenvalue weighted by Crippen LogP contribution is -2.30. The van der Waals surface area contributed by atoms with Crippen LogP contribution in [0, 0.1) is 11.6 Å². The molecule has 106 valence electrons. The van der Waals surface area contributed by atoms with E-state index in [0.29, 0.717) is 17.9 Å². The van der Waals surface area contributed by atoms with E-state index in [4.69, 9.17) is 10.6 Å². The molecule has 3 nitrogen and oxygen atoms in total. The van der Waals surface area contributed by atoms with E-state index < -0.39 is 17.7 Å². The van der Waals surface area contributed by atoms with Crippen molar-refractivity contribution in [3.8, 4) is 5.75 Å². The first kappa shape index (κ1) is 14.4. The number of nitrogens with two attached hydrogens (primary N) is 1. The molecule has 0 amide bonds. The molecule has 20 heavy (non-hydrogen) atoms. The lowest BCUT2D eigenvalue weighted by molar-refractivity contribution is 0.340. The van der Waals surface area contributed by atoms with Gasteiger partial charge in [-0.3, -0.25) is 5.84 Å². The maximum Gasteiger partial charge on any atom is 0.131 e. The summed E-state index contributed by atoms with van der Waals surface area (Å²) in [4.78, 5) is 0. The average molecular weight is 278 g/mol. The van der Waals surface area contributed by atoms with Crippen molar-refractivity contribution < 1.29 is 13.5 Å². The molecule has 5 heteroatoms. The molecule has 1 atom stereocenters. The molecule has 0 aliphatic rings. The van der Waals surface area contributed by atoms with Crippen LogP contribution in [-0.4, -0.2) is 6.61 Å². The number of hydrazine groups is 1. The summed E-state index contributed by atoms with van der Waals surface area (Å²) >= 11 is 0. The van der Waals surface area contributed by atoms with Crippen molar-refractivity contribution in [1.29, 1.82) is 0 Å². The van der Waals surface area contributed by atoms with E-state index in [1.54, 1.807) is 24.3 Å². The van der Waals surface area contributed by atoms with Gasteiger partial charge in [0.05, 0.1) is 12.6 Å². The molecule has 3 N–H and O–H groups in total. The number of rotatable bonds is 5. The zero-order valence-electron chi connectivity index (χ0n) is 11.1. The molecule has 2 aromatic carbocycles. The van der Waals surface area contributed by atoms with Gasteiger partial charge in [-0.15, -0.1) is 0 Å². The highest BCUT2D eigenvalue weighted by Gasteiger charge is 2.20. The van der Waals surface area contributed by atoms with Gasteiger partial charge in [0.15, 0.2) is 0 Å². The van der Waals surface area contributed by atoms with Gasteiger partial charge in [-0.2, -0.15) is 0 Å². The van der Waals surface area contributed by atoms with Crippen molar-refractivity contribution in [3.05, 3.63) is 65.2 Å². The van der Waals surface area contributed by atoms with Gasteiger partial charge in [0.25, 0.3) is 0 Å². The first-order valence-corrected chi connectivity index (χ1v) is 6.30. The predicted molar refractivity (Wildman–Crippen MR) is 73.1 cm³/mol. The number of nitrogens with one attached hydrogen (secondary N) is 1. The highest BCUT2D eigenvalue weighted by Crippen LogP contribution is 2.27. The quantitative estimate of drug-likeness (QED) is 0.653. The zero-order chi connectivity index (χ0) is 14.5. The minimum absolute atomic E-state index is 0.0980. The van der Waals surface area contributed by atoms with Crippen molar-refractivity contribution >= 4 is 0 Å². The Morgan fingerprint density at radius 1 is 1.10 bits per heavy atom. The third-order valence-electron chi connectivity index (χ3n) is 2.98. The SMILES string of the molecule is CCOc1ccc(C(NN)c2c(F)cccc2F)cc1. The van der Waals surface area contributed by atoms with Crippen LogP contribution in [0.1, 0.15) is 24.1 Å². The number of benzene rings is 2. The second-order valence-corrected chi connectivity index (χ2v) is 4.24. The first-order valence-electron chi connectivity index (χ1n) is 6.30. The third-order valence-corrected chi connectivity index (χ3v) is 2.98. The fourth-order valence-electron chi connectivity index (χ4n) is 2.06. The Bertz CT molecular complexity index is 552. The molecule has 0 aliphatic carbocycles. The summed E-state index contributed by atoms with van der Waals surface area (Å²) in [6.07, 6.45) is 0. The third kappa shape index (κ3) is 2.95. The van der Waals surface area contributed by atoms with E-state index in [-0.39, 0.29) is 5.56 Å². The Morgan fingerprint density at radius 3 is 2.20 bits per heavy atom. The van der Waals surface area contributed by atoms with Gasteiger partial charge in [0, 0.05) is 5.56 Å². The second kappa shape index (κ2) is 6.45. The number of halogens is 2. The van der Waals surface area contributed by atoms with Gasteiger partial charge in [0.1, 0.15) is 17.4 Å². The predicted octanol–water partition coefficient (Wildman–Crippen LogP) is 2.92. The highest BCUT2D eigenvalue weighted by atomic mass is 19.1. The molecule has 2 rings (SSSR count). The molecular weight excluding hydrogens is 262 g/mol. The van der Waals surface area contributed by atoms with Crippen molar-refractivity contribution in [2.45, 2.75) is 13.0 Å². The van der Waals surface area contributed by atoms with E-state index in [1.807, 2.05) is 6.92 Å². The fraction of sp³-hybridized carbons (Fsp3) is 0.200. The topological polar surface area (TPSA) is 47.3 Å². The molecule has 2 aromatic rings. The van der Waals surface area contributed by atoms with Gasteiger partial charge < -0.3 is 4.74 Å². The van der Waals surface area contributed by atoms with Crippen LogP contribution in [0.2, 0.25) is 0 Å². The van der Waals surface area contributed by atoms with Crippen LogP contribution in [-0.2, 0) is 0 Å². The molecule has 0 radical (unpaired) electrons. The number of hydrogen-bond acceptors (Lipinski definition) is 3. The van der Waals surface area contributed by atoms with E-state index >= 15 is 0 Å². The van der Waals surface area contributed by atoms with Crippen LogP contribution < -0.4 is 16.0 Å². The maximum absolute atomic E-state index is 13.8. The van der Waals surface area contributed by atoms with Gasteiger partial charge in [0.2, 0.25) is 0 Å². The molecule has 0 bridgehead atoms. The Kier molecular flexibility index (Phi) is 4.65. The average Bonchev–Trinajstić information content (AvgIpc) is 2.45. The van der Waals surface area contributed by atoms with Gasteiger partial charge in [-0.1, -0.05) is 18.2 Å². The Morgan fingerprint density at radius 2 is 1.70 bits per heavy atom.